The Balaban J connectivity index is 1.22. The van der Waals surface area contributed by atoms with E-state index in [9.17, 15) is 9.59 Å². The zero-order valence-corrected chi connectivity index (χ0v) is 18.8. The number of ether oxygens (including phenoxy) is 1. The first-order valence-electron chi connectivity index (χ1n) is 11.5. The maximum Gasteiger partial charge on any atom is 0.308 e. The molecule has 0 radical (unpaired) electrons. The van der Waals surface area contributed by atoms with Crippen LogP contribution in [0.15, 0.2) is 42.5 Å². The lowest BCUT2D eigenvalue weighted by molar-refractivity contribution is -0.149. The fourth-order valence-corrected chi connectivity index (χ4v) is 4.83. The van der Waals surface area contributed by atoms with Gasteiger partial charge in [0.2, 0.25) is 5.91 Å². The van der Waals surface area contributed by atoms with E-state index < -0.39 is 0 Å². The van der Waals surface area contributed by atoms with Crippen molar-refractivity contribution in [1.29, 1.82) is 0 Å². The van der Waals surface area contributed by atoms with Crippen molar-refractivity contribution in [3.05, 3.63) is 42.5 Å². The van der Waals surface area contributed by atoms with Gasteiger partial charge >= 0.3 is 5.97 Å². The standard InChI is InChI=1S/C24H28N6O3/c1-33-24(32)19-11-15-29(16-12-19)23(31)18-9-13-28(14-10-18)21-8-7-20-25-26-22(30(20)27-21)17-5-3-2-4-6-17/h2-8,18-19H,9-16H2,1H3. The quantitative estimate of drug-likeness (QED) is 0.566. The topological polar surface area (TPSA) is 92.9 Å². The molecule has 0 N–H and O–H groups in total. The molecule has 0 unspecified atom stereocenters. The number of fused-ring (bicyclic) bond motifs is 1. The zero-order chi connectivity index (χ0) is 22.8. The maximum atomic E-state index is 13.0. The Labute approximate surface area is 192 Å². The van der Waals surface area contributed by atoms with Gasteiger partial charge < -0.3 is 14.5 Å². The first-order valence-corrected chi connectivity index (χ1v) is 11.5. The summed E-state index contributed by atoms with van der Waals surface area (Å²) in [4.78, 5) is 28.9. The molecule has 3 aromatic rings. The third-order valence-corrected chi connectivity index (χ3v) is 6.79. The SMILES string of the molecule is COC(=O)C1CCN(C(=O)C2CCN(c3ccc4nnc(-c5ccccc5)n4n3)CC2)CC1. The van der Waals surface area contributed by atoms with E-state index in [1.165, 1.54) is 7.11 Å². The number of anilines is 1. The van der Waals surface area contributed by atoms with E-state index in [1.54, 1.807) is 4.52 Å². The van der Waals surface area contributed by atoms with Crippen LogP contribution in [0.3, 0.4) is 0 Å². The number of benzene rings is 1. The highest BCUT2D eigenvalue weighted by Crippen LogP contribution is 2.27. The van der Waals surface area contributed by atoms with Crippen LogP contribution in [0.4, 0.5) is 5.82 Å². The molecular formula is C24H28N6O3. The molecule has 0 aliphatic carbocycles. The number of nitrogens with zero attached hydrogens (tertiary/aromatic N) is 6. The summed E-state index contributed by atoms with van der Waals surface area (Å²) >= 11 is 0. The van der Waals surface area contributed by atoms with E-state index in [0.29, 0.717) is 37.4 Å². The molecule has 2 aliphatic heterocycles. The number of esters is 1. The normalized spacial score (nSPS) is 18.0. The van der Waals surface area contributed by atoms with E-state index in [-0.39, 0.29) is 23.7 Å². The Morgan fingerprint density at radius 1 is 0.879 bits per heavy atom. The third kappa shape index (κ3) is 4.27. The van der Waals surface area contributed by atoms with Crippen molar-refractivity contribution < 1.29 is 14.3 Å². The predicted octanol–water partition coefficient (Wildman–Crippen LogP) is 2.42. The number of hydrogen-bond donors (Lipinski definition) is 0. The highest BCUT2D eigenvalue weighted by Gasteiger charge is 2.33. The molecule has 2 fully saturated rings. The van der Waals surface area contributed by atoms with Crippen LogP contribution in [-0.2, 0) is 14.3 Å². The van der Waals surface area contributed by atoms with Crippen LogP contribution in [0, 0.1) is 11.8 Å². The number of rotatable bonds is 4. The highest BCUT2D eigenvalue weighted by molar-refractivity contribution is 5.80. The van der Waals surface area contributed by atoms with Crippen LogP contribution >= 0.6 is 0 Å². The van der Waals surface area contributed by atoms with Gasteiger partial charge in [-0.25, -0.2) is 0 Å². The van der Waals surface area contributed by atoms with Gasteiger partial charge in [0, 0.05) is 37.7 Å². The van der Waals surface area contributed by atoms with E-state index in [1.807, 2.05) is 47.4 Å². The summed E-state index contributed by atoms with van der Waals surface area (Å²) in [6.45, 7) is 2.81. The third-order valence-electron chi connectivity index (χ3n) is 6.79. The molecular weight excluding hydrogens is 420 g/mol. The number of aromatic nitrogens is 4. The van der Waals surface area contributed by atoms with Gasteiger partial charge in [-0.05, 0) is 37.8 Å². The second-order valence-electron chi connectivity index (χ2n) is 8.74. The predicted molar refractivity (Wildman–Crippen MR) is 122 cm³/mol. The van der Waals surface area contributed by atoms with Gasteiger partial charge in [0.15, 0.2) is 11.5 Å². The fourth-order valence-electron chi connectivity index (χ4n) is 4.83. The molecule has 0 bridgehead atoms. The lowest BCUT2D eigenvalue weighted by atomic mass is 9.92. The van der Waals surface area contributed by atoms with Crippen molar-refractivity contribution in [3.63, 3.8) is 0 Å². The molecule has 2 aliphatic rings. The van der Waals surface area contributed by atoms with Gasteiger partial charge in [-0.2, -0.15) is 4.52 Å². The Hall–Kier alpha value is -3.49. The van der Waals surface area contributed by atoms with Crippen molar-refractivity contribution in [2.45, 2.75) is 25.7 Å². The van der Waals surface area contributed by atoms with Crippen LogP contribution in [0.1, 0.15) is 25.7 Å². The average molecular weight is 449 g/mol. The van der Waals surface area contributed by atoms with Crippen molar-refractivity contribution >= 4 is 23.3 Å². The number of piperidine rings is 2. The second-order valence-corrected chi connectivity index (χ2v) is 8.74. The molecule has 172 valence electrons. The molecule has 0 spiro atoms. The van der Waals surface area contributed by atoms with E-state index in [4.69, 9.17) is 9.84 Å². The number of amides is 1. The van der Waals surface area contributed by atoms with Crippen LogP contribution in [0.5, 0.6) is 0 Å². The van der Waals surface area contributed by atoms with Gasteiger partial charge in [-0.15, -0.1) is 15.3 Å². The minimum Gasteiger partial charge on any atom is -0.469 e. The average Bonchev–Trinajstić information content (AvgIpc) is 3.32. The fraction of sp³-hybridized carbons (Fsp3) is 0.458. The Bertz CT molecular complexity index is 1130. The number of likely N-dealkylation sites (tertiary alicyclic amines) is 1. The zero-order valence-electron chi connectivity index (χ0n) is 18.8. The minimum atomic E-state index is -0.164. The molecule has 33 heavy (non-hydrogen) atoms. The van der Waals surface area contributed by atoms with Crippen molar-refractivity contribution in [3.8, 4) is 11.4 Å². The molecule has 2 aromatic heterocycles. The summed E-state index contributed by atoms with van der Waals surface area (Å²) in [6.07, 6.45) is 2.96. The van der Waals surface area contributed by atoms with Gasteiger partial charge in [0.25, 0.3) is 0 Å². The minimum absolute atomic E-state index is 0.0226. The molecule has 9 heteroatoms. The van der Waals surface area contributed by atoms with Crippen LogP contribution in [0.2, 0.25) is 0 Å². The lowest BCUT2D eigenvalue weighted by Crippen LogP contribution is -2.46. The Kier molecular flexibility index (Phi) is 5.93. The highest BCUT2D eigenvalue weighted by atomic mass is 16.5. The van der Waals surface area contributed by atoms with Gasteiger partial charge in [0.05, 0.1) is 13.0 Å². The van der Waals surface area contributed by atoms with Crippen molar-refractivity contribution in [1.82, 2.24) is 24.7 Å². The number of carbonyl (C=O) groups is 2. The van der Waals surface area contributed by atoms with Crippen LogP contribution in [0.25, 0.3) is 17.0 Å². The molecule has 1 aromatic carbocycles. The molecule has 9 nitrogen and oxygen atoms in total. The summed E-state index contributed by atoms with van der Waals surface area (Å²) in [5.74, 6) is 1.57. The van der Waals surface area contributed by atoms with E-state index >= 15 is 0 Å². The summed E-state index contributed by atoms with van der Waals surface area (Å²) in [5, 5.41) is 13.4. The first-order chi connectivity index (χ1) is 16.1. The molecule has 1 amide bonds. The summed E-state index contributed by atoms with van der Waals surface area (Å²) in [5.41, 5.74) is 1.67. The first kappa shape index (κ1) is 21.4. The van der Waals surface area contributed by atoms with Gasteiger partial charge in [0.1, 0.15) is 5.82 Å². The molecule has 5 rings (SSSR count). The van der Waals surface area contributed by atoms with Gasteiger partial charge in [-0.1, -0.05) is 30.3 Å². The van der Waals surface area contributed by atoms with E-state index in [2.05, 4.69) is 15.1 Å². The Morgan fingerprint density at radius 3 is 2.27 bits per heavy atom. The Morgan fingerprint density at radius 2 is 1.58 bits per heavy atom. The number of carbonyl (C=O) groups excluding carboxylic acids is 2. The smallest absolute Gasteiger partial charge is 0.308 e. The molecule has 0 atom stereocenters. The number of hydrogen-bond acceptors (Lipinski definition) is 7. The summed E-state index contributed by atoms with van der Waals surface area (Å²) < 4.78 is 6.63. The van der Waals surface area contributed by atoms with Crippen molar-refractivity contribution in [2.75, 3.05) is 38.2 Å². The summed E-state index contributed by atoms with van der Waals surface area (Å²) in [7, 11) is 1.42. The molecule has 4 heterocycles. The van der Waals surface area contributed by atoms with Gasteiger partial charge in [-0.3, -0.25) is 9.59 Å². The maximum absolute atomic E-state index is 13.0. The molecule has 2 saturated heterocycles. The van der Waals surface area contributed by atoms with Crippen LogP contribution in [-0.4, -0.2) is 69.9 Å². The lowest BCUT2D eigenvalue weighted by Gasteiger charge is -2.37. The summed E-state index contributed by atoms with van der Waals surface area (Å²) in [6, 6.07) is 13.8. The van der Waals surface area contributed by atoms with Crippen molar-refractivity contribution in [2.24, 2.45) is 11.8 Å². The molecule has 0 saturated carbocycles. The largest absolute Gasteiger partial charge is 0.469 e. The van der Waals surface area contributed by atoms with Crippen LogP contribution < -0.4 is 4.90 Å². The second kappa shape index (κ2) is 9.17. The monoisotopic (exact) mass is 448 g/mol. The number of methoxy groups -OCH3 is 1. The van der Waals surface area contributed by atoms with E-state index in [0.717, 1.165) is 37.3 Å².